The van der Waals surface area contributed by atoms with E-state index in [-0.39, 0.29) is 0 Å². The lowest BCUT2D eigenvalue weighted by atomic mass is 10.2. The van der Waals surface area contributed by atoms with Crippen molar-refractivity contribution in [2.75, 3.05) is 12.0 Å². The average Bonchev–Trinajstić information content (AvgIpc) is 2.10. The van der Waals surface area contributed by atoms with Gasteiger partial charge in [0.1, 0.15) is 6.04 Å². The van der Waals surface area contributed by atoms with Crippen LogP contribution in [-0.4, -0.2) is 30.1 Å². The molecule has 0 aliphatic heterocycles. The first-order valence-electron chi connectivity index (χ1n) is 3.50. The van der Waals surface area contributed by atoms with Crippen LogP contribution in [0.25, 0.3) is 0 Å². The second-order valence-corrected chi connectivity index (χ2v) is 3.18. The minimum Gasteiger partial charge on any atom is -0.332 e. The molecule has 0 aromatic rings. The normalized spacial score (nSPS) is 11.8. The van der Waals surface area contributed by atoms with Crippen molar-refractivity contribution in [3.05, 3.63) is 0 Å². The third kappa shape index (κ3) is 6.23. The summed E-state index contributed by atoms with van der Waals surface area (Å²) in [5.74, 6) is -0.0693. The first-order valence-corrected chi connectivity index (χ1v) is 4.89. The molecule has 0 saturated carbocycles. The van der Waals surface area contributed by atoms with E-state index in [1.54, 1.807) is 11.8 Å². The van der Waals surface area contributed by atoms with Gasteiger partial charge in [0.25, 0.3) is 0 Å². The Kier molecular flexibility index (Phi) is 6.07. The van der Waals surface area contributed by atoms with Crippen molar-refractivity contribution < 1.29 is 19.4 Å². The molecular formula is C6H12N2O4S. The van der Waals surface area contributed by atoms with E-state index in [2.05, 4.69) is 15.5 Å². The van der Waals surface area contributed by atoms with Crippen molar-refractivity contribution >= 4 is 23.8 Å². The zero-order chi connectivity index (χ0) is 10.3. The van der Waals surface area contributed by atoms with E-state index < -0.39 is 18.1 Å². The summed E-state index contributed by atoms with van der Waals surface area (Å²) in [6, 6.07) is -0.785. The van der Waals surface area contributed by atoms with Crippen LogP contribution in [0.15, 0.2) is 0 Å². The van der Waals surface area contributed by atoms with Gasteiger partial charge in [-0.1, -0.05) is 0 Å². The molecule has 4 N–H and O–H groups in total. The molecule has 0 radical (unpaired) electrons. The molecule has 0 aromatic heterocycles. The molecular weight excluding hydrogens is 196 g/mol. The summed E-state index contributed by atoms with van der Waals surface area (Å²) in [6.07, 6.45) is 1.17. The molecule has 0 fully saturated rings. The zero-order valence-electron chi connectivity index (χ0n) is 7.19. The fourth-order valence-electron chi connectivity index (χ4n) is 0.507. The summed E-state index contributed by atoms with van der Waals surface area (Å²) in [6.45, 7) is 0. The van der Waals surface area contributed by atoms with Gasteiger partial charge in [-0.2, -0.15) is 11.8 Å². The summed E-state index contributed by atoms with van der Waals surface area (Å²) in [7, 11) is 0. The second-order valence-electron chi connectivity index (χ2n) is 2.19. The molecule has 1 unspecified atom stereocenters. The Balaban J connectivity index is 3.63. The molecule has 0 spiro atoms. The Morgan fingerprint density at radius 3 is 2.54 bits per heavy atom. The molecule has 6 nitrogen and oxygen atoms in total. The van der Waals surface area contributed by atoms with E-state index in [9.17, 15) is 9.59 Å². The van der Waals surface area contributed by atoms with E-state index >= 15 is 0 Å². The van der Waals surface area contributed by atoms with Crippen molar-refractivity contribution in [3.8, 4) is 0 Å². The van der Waals surface area contributed by atoms with Crippen molar-refractivity contribution in [1.82, 2.24) is 0 Å². The van der Waals surface area contributed by atoms with Crippen molar-refractivity contribution in [3.63, 3.8) is 0 Å². The largest absolute Gasteiger partial charge is 0.447 e. The predicted molar refractivity (Wildman–Crippen MR) is 47.7 cm³/mol. The Bertz CT molecular complexity index is 187. The topological polar surface area (TPSA) is 105 Å². The second kappa shape index (κ2) is 6.55. The van der Waals surface area contributed by atoms with Crippen LogP contribution in [0.2, 0.25) is 0 Å². The van der Waals surface area contributed by atoms with E-state index in [4.69, 9.17) is 5.73 Å². The molecule has 0 aliphatic rings. The maximum absolute atomic E-state index is 10.9. The smallest absolute Gasteiger partial charge is 0.332 e. The molecule has 1 atom stereocenters. The first-order chi connectivity index (χ1) is 6.07. The van der Waals surface area contributed by atoms with Crippen molar-refractivity contribution in [2.24, 2.45) is 11.5 Å². The number of carbonyl (C=O) groups excluding carboxylic acids is 2. The number of hydrogen-bond donors (Lipinski definition) is 2. The fourth-order valence-corrected chi connectivity index (χ4v) is 0.996. The van der Waals surface area contributed by atoms with Gasteiger partial charge in [-0.3, -0.25) is 0 Å². The number of primary amides is 1. The predicted octanol–water partition coefficient (Wildman–Crippen LogP) is -0.380. The van der Waals surface area contributed by atoms with Crippen LogP contribution in [0, 0.1) is 0 Å². The summed E-state index contributed by atoms with van der Waals surface area (Å²) in [5, 5.41) is 0. The van der Waals surface area contributed by atoms with Crippen LogP contribution in [0.3, 0.4) is 0 Å². The van der Waals surface area contributed by atoms with Crippen molar-refractivity contribution in [1.29, 1.82) is 0 Å². The molecule has 0 rings (SSSR count). The molecule has 0 heterocycles. The van der Waals surface area contributed by atoms with Gasteiger partial charge >= 0.3 is 12.1 Å². The van der Waals surface area contributed by atoms with E-state index in [0.29, 0.717) is 6.42 Å². The van der Waals surface area contributed by atoms with Gasteiger partial charge < -0.3 is 11.5 Å². The monoisotopic (exact) mass is 208 g/mol. The molecule has 0 aromatic carbocycles. The third-order valence-corrected chi connectivity index (χ3v) is 1.79. The summed E-state index contributed by atoms with van der Waals surface area (Å²) < 4.78 is 0. The number of nitrogens with two attached hydrogens (primary N) is 2. The van der Waals surface area contributed by atoms with Gasteiger partial charge in [0.15, 0.2) is 0 Å². The minimum absolute atomic E-state index is 0.460. The summed E-state index contributed by atoms with van der Waals surface area (Å²) >= 11 is 1.55. The first kappa shape index (κ1) is 12.0. The van der Waals surface area contributed by atoms with E-state index in [1.807, 2.05) is 6.26 Å². The fraction of sp³-hybridized carbons (Fsp3) is 0.667. The lowest BCUT2D eigenvalue weighted by Gasteiger charge is -2.07. The molecule has 0 bridgehead atoms. The number of hydrogen-bond acceptors (Lipinski definition) is 6. The number of rotatable bonds is 4. The minimum atomic E-state index is -1.18. The molecule has 76 valence electrons. The quantitative estimate of drug-likeness (QED) is 0.482. The lowest BCUT2D eigenvalue weighted by Crippen LogP contribution is -2.34. The van der Waals surface area contributed by atoms with Crippen LogP contribution in [0.5, 0.6) is 0 Å². The number of amides is 1. The Hall–Kier alpha value is -0.950. The Labute approximate surface area is 79.8 Å². The summed E-state index contributed by atoms with van der Waals surface area (Å²) in [4.78, 5) is 28.7. The highest BCUT2D eigenvalue weighted by atomic mass is 32.2. The van der Waals surface area contributed by atoms with Gasteiger partial charge in [0.2, 0.25) is 0 Å². The van der Waals surface area contributed by atoms with Crippen LogP contribution < -0.4 is 11.5 Å². The Morgan fingerprint density at radius 2 is 2.08 bits per heavy atom. The summed E-state index contributed by atoms with van der Waals surface area (Å²) in [5.41, 5.74) is 9.93. The molecule has 1 amide bonds. The average molecular weight is 208 g/mol. The van der Waals surface area contributed by atoms with Crippen LogP contribution in [0.4, 0.5) is 4.79 Å². The van der Waals surface area contributed by atoms with E-state index in [1.165, 1.54) is 0 Å². The Morgan fingerprint density at radius 1 is 1.46 bits per heavy atom. The molecule has 0 aliphatic carbocycles. The van der Waals surface area contributed by atoms with Gasteiger partial charge in [-0.25, -0.2) is 19.4 Å². The standard InChI is InChI=1S/C6H12N2O4S/c1-13-3-2-4(7)5(9)11-12-6(8)10/h4H,2-3,7H2,1H3,(H2,8,10). The highest BCUT2D eigenvalue weighted by molar-refractivity contribution is 7.98. The highest BCUT2D eigenvalue weighted by Gasteiger charge is 2.16. The third-order valence-electron chi connectivity index (χ3n) is 1.14. The van der Waals surface area contributed by atoms with Crippen molar-refractivity contribution in [2.45, 2.75) is 12.5 Å². The molecule has 0 saturated heterocycles. The molecule has 13 heavy (non-hydrogen) atoms. The SMILES string of the molecule is CSCCC(N)C(=O)OOC(N)=O. The van der Waals surface area contributed by atoms with Gasteiger partial charge in [-0.05, 0) is 18.4 Å². The van der Waals surface area contributed by atoms with Gasteiger partial charge in [-0.15, -0.1) is 0 Å². The van der Waals surface area contributed by atoms with E-state index in [0.717, 1.165) is 5.75 Å². The van der Waals surface area contributed by atoms with Crippen LogP contribution in [0.1, 0.15) is 6.42 Å². The van der Waals surface area contributed by atoms with Gasteiger partial charge in [0, 0.05) is 0 Å². The van der Waals surface area contributed by atoms with Crippen LogP contribution >= 0.6 is 11.8 Å². The lowest BCUT2D eigenvalue weighted by molar-refractivity contribution is -0.232. The van der Waals surface area contributed by atoms with Crippen LogP contribution in [-0.2, 0) is 14.6 Å². The highest BCUT2D eigenvalue weighted by Crippen LogP contribution is 2.00. The zero-order valence-corrected chi connectivity index (χ0v) is 8.00. The number of thioether (sulfide) groups is 1. The maximum Gasteiger partial charge on any atom is 0.447 e. The maximum atomic E-state index is 10.9. The number of carbonyl (C=O) groups is 2. The van der Waals surface area contributed by atoms with Gasteiger partial charge in [0.05, 0.1) is 0 Å². The molecule has 7 heteroatoms.